The minimum absolute atomic E-state index is 0.214. The summed E-state index contributed by atoms with van der Waals surface area (Å²) >= 11 is 0. The third-order valence-electron chi connectivity index (χ3n) is 7.03. The fourth-order valence-electron chi connectivity index (χ4n) is 4.54. The van der Waals surface area contributed by atoms with Crippen molar-refractivity contribution in [3.8, 4) is 0 Å². The van der Waals surface area contributed by atoms with Crippen molar-refractivity contribution < 1.29 is 37.9 Å². The molecule has 41 heavy (non-hydrogen) atoms. The molecule has 0 fully saturated rings. The van der Waals surface area contributed by atoms with E-state index in [0.29, 0.717) is 12.8 Å². The van der Waals surface area contributed by atoms with Crippen molar-refractivity contribution >= 4 is 19.8 Å². The largest absolute Gasteiger partial charge is 0.469 e. The Balaban J connectivity index is 4.03. The van der Waals surface area contributed by atoms with Crippen LogP contribution in [-0.4, -0.2) is 41.0 Å². The third kappa shape index (κ3) is 31.6. The normalized spacial score (nSPS) is 12.6. The van der Waals surface area contributed by atoms with Crippen LogP contribution in [0.5, 0.6) is 0 Å². The SMILES string of the molecule is CCCCC/C=C\CCCCCCCC(=O)OC[C@H](COP(=O)(O)O)OC(=O)CCCCCCCCCCCCC. The lowest BCUT2D eigenvalue weighted by Gasteiger charge is -2.18. The highest BCUT2D eigenvalue weighted by atomic mass is 31.2. The smallest absolute Gasteiger partial charge is 0.462 e. The molecule has 0 aliphatic heterocycles. The lowest BCUT2D eigenvalue weighted by Crippen LogP contribution is -2.29. The molecular weight excluding hydrogens is 543 g/mol. The number of allylic oxidation sites excluding steroid dienone is 2. The van der Waals surface area contributed by atoms with Gasteiger partial charge < -0.3 is 19.3 Å². The first kappa shape index (κ1) is 39.8. The highest BCUT2D eigenvalue weighted by Gasteiger charge is 2.22. The Bertz CT molecular complexity index is 691. The monoisotopic (exact) mass is 604 g/mol. The van der Waals surface area contributed by atoms with E-state index in [0.717, 1.165) is 51.4 Å². The highest BCUT2D eigenvalue weighted by molar-refractivity contribution is 7.46. The molecule has 0 rings (SSSR count). The van der Waals surface area contributed by atoms with Crippen LogP contribution in [-0.2, 0) is 28.2 Å². The van der Waals surface area contributed by atoms with E-state index in [9.17, 15) is 14.2 Å². The minimum Gasteiger partial charge on any atom is -0.462 e. The van der Waals surface area contributed by atoms with Crippen LogP contribution in [0.4, 0.5) is 0 Å². The summed E-state index contributed by atoms with van der Waals surface area (Å²) in [4.78, 5) is 42.4. The lowest BCUT2D eigenvalue weighted by atomic mass is 10.1. The van der Waals surface area contributed by atoms with E-state index in [1.807, 2.05) is 0 Å². The summed E-state index contributed by atoms with van der Waals surface area (Å²) in [7, 11) is -4.74. The van der Waals surface area contributed by atoms with Crippen LogP contribution < -0.4 is 0 Å². The number of hydrogen-bond acceptors (Lipinski definition) is 6. The standard InChI is InChI=1S/C32H61O8P/c1-3-5-7-9-11-13-15-17-18-20-22-24-26-31(33)38-28-30(29-39-41(35,36)37)40-32(34)27-25-23-21-19-16-14-12-10-8-6-4-2/h11,13,30H,3-10,12,14-29H2,1-2H3,(H2,35,36,37)/b13-11-/t30-/m1/s1. The van der Waals surface area contributed by atoms with Gasteiger partial charge in [-0.2, -0.15) is 0 Å². The Labute approximate surface area is 250 Å². The first-order valence-electron chi connectivity index (χ1n) is 16.5. The fraction of sp³-hybridized carbons (Fsp3) is 0.875. The minimum atomic E-state index is -4.74. The van der Waals surface area contributed by atoms with Crippen LogP contribution in [0.3, 0.4) is 0 Å². The molecule has 0 spiro atoms. The van der Waals surface area contributed by atoms with Gasteiger partial charge in [-0.1, -0.05) is 122 Å². The molecule has 0 radical (unpaired) electrons. The van der Waals surface area contributed by atoms with Crippen LogP contribution in [0.25, 0.3) is 0 Å². The highest BCUT2D eigenvalue weighted by Crippen LogP contribution is 2.35. The molecular formula is C32H61O8P. The predicted octanol–water partition coefficient (Wildman–Crippen LogP) is 9.12. The maximum atomic E-state index is 12.3. The van der Waals surface area contributed by atoms with Crippen molar-refractivity contribution in [2.45, 2.75) is 168 Å². The summed E-state index contributed by atoms with van der Waals surface area (Å²) in [5.74, 6) is -0.894. The first-order chi connectivity index (χ1) is 19.8. The summed E-state index contributed by atoms with van der Waals surface area (Å²) in [5.41, 5.74) is 0. The number of ether oxygens (including phenoxy) is 2. The molecule has 1 atom stereocenters. The number of unbranched alkanes of at least 4 members (excludes halogenated alkanes) is 18. The van der Waals surface area contributed by atoms with Crippen LogP contribution in [0.15, 0.2) is 12.2 Å². The maximum Gasteiger partial charge on any atom is 0.469 e. The van der Waals surface area contributed by atoms with Gasteiger partial charge in [-0.05, 0) is 38.5 Å². The molecule has 0 aromatic heterocycles. The number of hydrogen-bond donors (Lipinski definition) is 2. The molecule has 0 aliphatic rings. The lowest BCUT2D eigenvalue weighted by molar-refractivity contribution is -0.161. The third-order valence-corrected chi connectivity index (χ3v) is 7.52. The van der Waals surface area contributed by atoms with Crippen molar-refractivity contribution in [1.29, 1.82) is 0 Å². The fourth-order valence-corrected chi connectivity index (χ4v) is 4.90. The average Bonchev–Trinajstić information content (AvgIpc) is 2.93. The predicted molar refractivity (Wildman–Crippen MR) is 166 cm³/mol. The number of phosphoric acid groups is 1. The van der Waals surface area contributed by atoms with Crippen molar-refractivity contribution in [1.82, 2.24) is 0 Å². The van der Waals surface area contributed by atoms with E-state index in [2.05, 4.69) is 30.5 Å². The quantitative estimate of drug-likeness (QED) is 0.0360. The second kappa shape index (κ2) is 28.9. The maximum absolute atomic E-state index is 12.3. The van der Waals surface area contributed by atoms with Crippen molar-refractivity contribution in [3.63, 3.8) is 0 Å². The van der Waals surface area contributed by atoms with Gasteiger partial charge in [0.25, 0.3) is 0 Å². The van der Waals surface area contributed by atoms with Crippen LogP contribution in [0.1, 0.15) is 162 Å². The van der Waals surface area contributed by atoms with Gasteiger partial charge >= 0.3 is 19.8 Å². The molecule has 8 nitrogen and oxygen atoms in total. The van der Waals surface area contributed by atoms with E-state index < -0.39 is 32.5 Å². The average molecular weight is 605 g/mol. The van der Waals surface area contributed by atoms with Gasteiger partial charge in [0, 0.05) is 12.8 Å². The van der Waals surface area contributed by atoms with E-state index in [1.165, 1.54) is 70.6 Å². The number of carbonyl (C=O) groups is 2. The second-order valence-electron chi connectivity index (χ2n) is 11.1. The van der Waals surface area contributed by atoms with Gasteiger partial charge in [-0.15, -0.1) is 0 Å². The second-order valence-corrected chi connectivity index (χ2v) is 12.4. The zero-order chi connectivity index (χ0) is 30.4. The van der Waals surface area contributed by atoms with Crippen molar-refractivity contribution in [3.05, 3.63) is 12.2 Å². The Morgan fingerprint density at radius 3 is 1.54 bits per heavy atom. The zero-order valence-corrected chi connectivity index (χ0v) is 27.1. The Kier molecular flexibility index (Phi) is 28.0. The molecule has 0 heterocycles. The van der Waals surface area contributed by atoms with E-state index in [1.54, 1.807) is 0 Å². The van der Waals surface area contributed by atoms with Crippen molar-refractivity contribution in [2.75, 3.05) is 13.2 Å². The first-order valence-corrected chi connectivity index (χ1v) is 18.0. The Morgan fingerprint density at radius 2 is 1.02 bits per heavy atom. The topological polar surface area (TPSA) is 119 Å². The number of rotatable bonds is 30. The van der Waals surface area contributed by atoms with Gasteiger partial charge in [0.05, 0.1) is 6.61 Å². The summed E-state index contributed by atoms with van der Waals surface area (Å²) in [5, 5.41) is 0. The molecule has 0 aliphatic carbocycles. The van der Waals surface area contributed by atoms with Gasteiger partial charge in [0.1, 0.15) is 6.61 Å². The number of esters is 2. The van der Waals surface area contributed by atoms with Crippen LogP contribution >= 0.6 is 7.82 Å². The molecule has 9 heteroatoms. The van der Waals surface area contributed by atoms with Crippen molar-refractivity contribution in [2.24, 2.45) is 0 Å². The molecule has 0 saturated heterocycles. The summed E-state index contributed by atoms with van der Waals surface area (Å²) in [6, 6.07) is 0. The zero-order valence-electron chi connectivity index (χ0n) is 26.2. The summed E-state index contributed by atoms with van der Waals surface area (Å²) in [6.45, 7) is 3.62. The van der Waals surface area contributed by atoms with Gasteiger partial charge in [0.2, 0.25) is 0 Å². The molecule has 0 saturated carbocycles. The molecule has 242 valence electrons. The molecule has 0 bridgehead atoms. The Morgan fingerprint density at radius 1 is 0.610 bits per heavy atom. The van der Waals surface area contributed by atoms with E-state index >= 15 is 0 Å². The molecule has 0 aromatic carbocycles. The number of phosphoric ester groups is 1. The van der Waals surface area contributed by atoms with Gasteiger partial charge in [-0.3, -0.25) is 14.1 Å². The summed E-state index contributed by atoms with van der Waals surface area (Å²) in [6.07, 6.45) is 27.9. The Hall–Kier alpha value is -1.21. The molecule has 2 N–H and O–H groups in total. The van der Waals surface area contributed by atoms with E-state index in [-0.39, 0.29) is 19.4 Å². The van der Waals surface area contributed by atoms with E-state index in [4.69, 9.17) is 19.3 Å². The molecule has 0 amide bonds. The molecule has 0 unspecified atom stereocenters. The molecule has 0 aromatic rings. The summed E-state index contributed by atoms with van der Waals surface area (Å²) < 4.78 is 26.1. The van der Waals surface area contributed by atoms with Gasteiger partial charge in [-0.25, -0.2) is 4.57 Å². The number of carbonyl (C=O) groups excluding carboxylic acids is 2. The van der Waals surface area contributed by atoms with Crippen LogP contribution in [0.2, 0.25) is 0 Å². The van der Waals surface area contributed by atoms with Crippen LogP contribution in [0, 0.1) is 0 Å². The van der Waals surface area contributed by atoms with Gasteiger partial charge in [0.15, 0.2) is 6.10 Å².